The standard InChI is InChI=1S/C19H12ClNO6/c20-11-5-7-13(18(24)25)16(8-11)21(17(23)19(26)27)15-3-1-2-10-4-6-12(22)9-14(10)15/h1-9,22H,(H,24,25)(H,26,27). The number of rotatable bonds is 3. The van der Waals surface area contributed by atoms with Crippen molar-refractivity contribution in [3.63, 3.8) is 0 Å². The number of hydrogen-bond donors (Lipinski definition) is 3. The molecule has 0 aliphatic carbocycles. The fraction of sp³-hybridized carbons (Fsp3) is 0. The van der Waals surface area contributed by atoms with Gasteiger partial charge in [-0.25, -0.2) is 9.59 Å². The molecule has 0 fully saturated rings. The molecule has 0 heterocycles. The largest absolute Gasteiger partial charge is 0.508 e. The summed E-state index contributed by atoms with van der Waals surface area (Å²) in [5.74, 6) is -4.59. The first-order chi connectivity index (χ1) is 12.8. The number of carboxylic acid groups (broad SMARTS) is 2. The second kappa shape index (κ2) is 6.97. The van der Waals surface area contributed by atoms with Crippen LogP contribution in [0.2, 0.25) is 5.02 Å². The molecule has 0 aliphatic rings. The highest BCUT2D eigenvalue weighted by Crippen LogP contribution is 2.37. The van der Waals surface area contributed by atoms with Crippen molar-refractivity contribution in [1.29, 1.82) is 0 Å². The number of nitrogens with zero attached hydrogens (tertiary/aromatic N) is 1. The molecule has 8 heteroatoms. The molecule has 1 amide bonds. The van der Waals surface area contributed by atoms with E-state index in [0.717, 1.165) is 4.90 Å². The number of fused-ring (bicyclic) bond motifs is 1. The monoisotopic (exact) mass is 385 g/mol. The maximum Gasteiger partial charge on any atom is 0.395 e. The Labute approximate surface area is 157 Å². The highest BCUT2D eigenvalue weighted by molar-refractivity contribution is 6.40. The quantitative estimate of drug-likeness (QED) is 0.593. The van der Waals surface area contributed by atoms with Crippen LogP contribution in [0, 0.1) is 0 Å². The molecule has 136 valence electrons. The molecule has 0 aliphatic heterocycles. The zero-order valence-corrected chi connectivity index (χ0v) is 14.3. The third-order valence-corrected chi connectivity index (χ3v) is 4.14. The predicted molar refractivity (Wildman–Crippen MR) is 98.8 cm³/mol. The van der Waals surface area contributed by atoms with E-state index >= 15 is 0 Å². The molecule has 0 atom stereocenters. The zero-order chi connectivity index (χ0) is 19.7. The van der Waals surface area contributed by atoms with E-state index in [1.165, 1.54) is 36.4 Å². The van der Waals surface area contributed by atoms with Crippen LogP contribution in [0.25, 0.3) is 10.8 Å². The number of anilines is 2. The molecule has 0 radical (unpaired) electrons. The summed E-state index contributed by atoms with van der Waals surface area (Å²) >= 11 is 5.96. The number of aliphatic carboxylic acids is 1. The molecule has 27 heavy (non-hydrogen) atoms. The summed E-state index contributed by atoms with van der Waals surface area (Å²) in [4.78, 5) is 36.3. The Bertz CT molecular complexity index is 1090. The molecule has 3 N–H and O–H groups in total. The molecular formula is C19H12ClNO6. The third kappa shape index (κ3) is 3.40. The average molecular weight is 386 g/mol. The minimum Gasteiger partial charge on any atom is -0.508 e. The van der Waals surface area contributed by atoms with Gasteiger partial charge >= 0.3 is 17.8 Å². The lowest BCUT2D eigenvalue weighted by molar-refractivity contribution is -0.148. The fourth-order valence-electron chi connectivity index (χ4n) is 2.75. The van der Waals surface area contributed by atoms with Gasteiger partial charge in [-0.05, 0) is 41.8 Å². The van der Waals surface area contributed by atoms with E-state index in [4.69, 9.17) is 11.6 Å². The minimum atomic E-state index is -1.77. The Morgan fingerprint density at radius 3 is 2.30 bits per heavy atom. The van der Waals surface area contributed by atoms with E-state index < -0.39 is 17.8 Å². The molecular weight excluding hydrogens is 374 g/mol. The number of hydrogen-bond acceptors (Lipinski definition) is 4. The molecule has 7 nitrogen and oxygen atoms in total. The average Bonchev–Trinajstić information content (AvgIpc) is 2.62. The summed E-state index contributed by atoms with van der Waals surface area (Å²) in [7, 11) is 0. The van der Waals surface area contributed by atoms with Crippen molar-refractivity contribution in [3.05, 3.63) is 65.2 Å². The minimum absolute atomic E-state index is 0.0952. The number of halogens is 1. The van der Waals surface area contributed by atoms with E-state index in [-0.39, 0.29) is 27.7 Å². The fourth-order valence-corrected chi connectivity index (χ4v) is 2.92. The maximum atomic E-state index is 12.5. The Hall–Kier alpha value is -3.58. The lowest BCUT2D eigenvalue weighted by Gasteiger charge is -2.24. The number of carboxylic acids is 2. The van der Waals surface area contributed by atoms with Crippen molar-refractivity contribution in [3.8, 4) is 5.75 Å². The van der Waals surface area contributed by atoms with Crippen LogP contribution in [0.3, 0.4) is 0 Å². The first-order valence-electron chi connectivity index (χ1n) is 7.61. The van der Waals surface area contributed by atoms with E-state index in [9.17, 15) is 29.7 Å². The Morgan fingerprint density at radius 2 is 1.63 bits per heavy atom. The van der Waals surface area contributed by atoms with E-state index in [0.29, 0.717) is 10.8 Å². The lowest BCUT2D eigenvalue weighted by Crippen LogP contribution is -2.33. The highest BCUT2D eigenvalue weighted by atomic mass is 35.5. The number of carbonyl (C=O) groups excluding carboxylic acids is 1. The van der Waals surface area contributed by atoms with Gasteiger partial charge in [0.15, 0.2) is 0 Å². The van der Waals surface area contributed by atoms with Gasteiger partial charge in [0.2, 0.25) is 0 Å². The summed E-state index contributed by atoms with van der Waals surface area (Å²) in [5, 5.41) is 29.7. The summed E-state index contributed by atoms with van der Waals surface area (Å²) in [5.41, 5.74) is -0.398. The molecule has 0 saturated carbocycles. The number of aromatic hydroxyl groups is 1. The van der Waals surface area contributed by atoms with Crippen molar-refractivity contribution < 1.29 is 29.7 Å². The molecule has 0 bridgehead atoms. The molecule has 0 saturated heterocycles. The normalized spacial score (nSPS) is 10.6. The van der Waals surface area contributed by atoms with Gasteiger partial charge < -0.3 is 15.3 Å². The van der Waals surface area contributed by atoms with Crippen LogP contribution in [-0.4, -0.2) is 33.2 Å². The summed E-state index contributed by atoms with van der Waals surface area (Å²) in [6, 6.07) is 12.9. The van der Waals surface area contributed by atoms with Gasteiger partial charge in [0.1, 0.15) is 5.75 Å². The summed E-state index contributed by atoms with van der Waals surface area (Å²) in [6.07, 6.45) is 0. The van der Waals surface area contributed by atoms with Crippen molar-refractivity contribution in [2.45, 2.75) is 0 Å². The highest BCUT2D eigenvalue weighted by Gasteiger charge is 2.29. The second-order valence-electron chi connectivity index (χ2n) is 5.59. The van der Waals surface area contributed by atoms with Crippen LogP contribution in [0.4, 0.5) is 11.4 Å². The number of phenols is 1. The van der Waals surface area contributed by atoms with Crippen LogP contribution in [0.1, 0.15) is 10.4 Å². The van der Waals surface area contributed by atoms with Gasteiger partial charge in [0, 0.05) is 10.4 Å². The molecule has 0 aromatic heterocycles. The molecule has 3 aromatic carbocycles. The topological polar surface area (TPSA) is 115 Å². The van der Waals surface area contributed by atoms with Crippen molar-refractivity contribution in [1.82, 2.24) is 0 Å². The van der Waals surface area contributed by atoms with Gasteiger partial charge in [-0.2, -0.15) is 0 Å². The zero-order valence-electron chi connectivity index (χ0n) is 13.6. The number of amides is 1. The van der Waals surface area contributed by atoms with Crippen LogP contribution < -0.4 is 4.90 Å². The second-order valence-corrected chi connectivity index (χ2v) is 6.03. The molecule has 3 rings (SSSR count). The SMILES string of the molecule is O=C(O)C(=O)N(c1cc(Cl)ccc1C(=O)O)c1cccc2ccc(O)cc12. The van der Waals surface area contributed by atoms with Gasteiger partial charge in [-0.15, -0.1) is 0 Å². The number of phenolic OH excluding ortho intramolecular Hbond substituents is 1. The molecule has 0 spiro atoms. The van der Waals surface area contributed by atoms with E-state index in [1.54, 1.807) is 18.2 Å². The summed E-state index contributed by atoms with van der Waals surface area (Å²) in [6.45, 7) is 0. The number of benzene rings is 3. The van der Waals surface area contributed by atoms with Gasteiger partial charge in [-0.1, -0.05) is 29.8 Å². The van der Waals surface area contributed by atoms with E-state index in [2.05, 4.69) is 0 Å². The smallest absolute Gasteiger partial charge is 0.395 e. The molecule has 0 unspecified atom stereocenters. The van der Waals surface area contributed by atoms with Crippen LogP contribution >= 0.6 is 11.6 Å². The van der Waals surface area contributed by atoms with Crippen molar-refractivity contribution in [2.75, 3.05) is 4.90 Å². The Morgan fingerprint density at radius 1 is 0.889 bits per heavy atom. The third-order valence-electron chi connectivity index (χ3n) is 3.90. The first-order valence-corrected chi connectivity index (χ1v) is 7.99. The van der Waals surface area contributed by atoms with Gasteiger partial charge in [0.25, 0.3) is 0 Å². The summed E-state index contributed by atoms with van der Waals surface area (Å²) < 4.78 is 0. The van der Waals surface area contributed by atoms with E-state index in [1.807, 2.05) is 0 Å². The van der Waals surface area contributed by atoms with Gasteiger partial charge in [0.05, 0.1) is 16.9 Å². The number of carbonyl (C=O) groups is 3. The number of aromatic carboxylic acids is 1. The first kappa shape index (κ1) is 18.2. The predicted octanol–water partition coefficient (Wildman–Crippen LogP) is 3.65. The Balaban J connectivity index is 2.38. The van der Waals surface area contributed by atoms with Crippen LogP contribution in [0.5, 0.6) is 5.75 Å². The van der Waals surface area contributed by atoms with Crippen molar-refractivity contribution >= 4 is 51.6 Å². The lowest BCUT2D eigenvalue weighted by atomic mass is 10.1. The van der Waals surface area contributed by atoms with Gasteiger partial charge in [-0.3, -0.25) is 9.69 Å². The Kier molecular flexibility index (Phi) is 4.70. The van der Waals surface area contributed by atoms with Crippen molar-refractivity contribution in [2.24, 2.45) is 0 Å². The molecule has 3 aromatic rings. The van der Waals surface area contributed by atoms with Crippen LogP contribution in [0.15, 0.2) is 54.6 Å². The maximum absolute atomic E-state index is 12.5. The van der Waals surface area contributed by atoms with Crippen LogP contribution in [-0.2, 0) is 9.59 Å².